The first-order valence-corrected chi connectivity index (χ1v) is 10.5. The molecule has 5 nitrogen and oxygen atoms in total. The summed E-state index contributed by atoms with van der Waals surface area (Å²) in [5.74, 6) is -0.744. The number of benzene rings is 3. The number of nitrogens with zero attached hydrogens (tertiary/aromatic N) is 1. The number of carbonyl (C=O) groups is 2. The number of para-hydroxylation sites is 2. The average Bonchev–Trinajstić information content (AvgIpc) is 3.01. The van der Waals surface area contributed by atoms with Gasteiger partial charge in [0.25, 0.3) is 11.8 Å². The summed E-state index contributed by atoms with van der Waals surface area (Å²) in [6, 6.07) is 19.6. The molecule has 32 heavy (non-hydrogen) atoms. The van der Waals surface area contributed by atoms with Crippen LogP contribution in [0.15, 0.2) is 78.5 Å². The van der Waals surface area contributed by atoms with Crippen LogP contribution in [0.25, 0.3) is 5.57 Å². The predicted molar refractivity (Wildman–Crippen MR) is 122 cm³/mol. The average molecular weight is 451 g/mol. The van der Waals surface area contributed by atoms with Crippen LogP contribution in [0, 0.1) is 5.82 Å². The molecule has 1 N–H and O–H groups in total. The minimum absolute atomic E-state index is 0.0212. The molecule has 7 heteroatoms. The van der Waals surface area contributed by atoms with E-state index in [9.17, 15) is 14.0 Å². The Labute approximate surface area is 190 Å². The predicted octanol–water partition coefficient (Wildman–Crippen LogP) is 5.27. The van der Waals surface area contributed by atoms with E-state index >= 15 is 0 Å². The van der Waals surface area contributed by atoms with Gasteiger partial charge in [-0.05, 0) is 54.4 Å². The molecule has 0 unspecified atom stereocenters. The number of halogens is 2. The molecule has 0 fully saturated rings. The van der Waals surface area contributed by atoms with Crippen molar-refractivity contribution >= 4 is 34.7 Å². The zero-order valence-electron chi connectivity index (χ0n) is 17.3. The Balaban J connectivity index is 1.74. The fourth-order valence-electron chi connectivity index (χ4n) is 3.48. The lowest BCUT2D eigenvalue weighted by Gasteiger charge is -2.16. The molecule has 0 spiro atoms. The molecule has 162 valence electrons. The molecule has 1 aliphatic heterocycles. The highest BCUT2D eigenvalue weighted by Gasteiger charge is 2.39. The van der Waals surface area contributed by atoms with E-state index in [1.54, 1.807) is 48.5 Å². The van der Waals surface area contributed by atoms with Crippen molar-refractivity contribution in [2.45, 2.75) is 13.5 Å². The first-order valence-electron chi connectivity index (χ1n) is 10.1. The fourth-order valence-corrected chi connectivity index (χ4v) is 3.60. The van der Waals surface area contributed by atoms with Gasteiger partial charge in [0.1, 0.15) is 17.3 Å². The number of imide groups is 1. The number of carbonyl (C=O) groups excluding carboxylic acids is 2. The van der Waals surface area contributed by atoms with E-state index < -0.39 is 11.8 Å². The number of anilines is 1. The molecule has 0 saturated heterocycles. The zero-order chi connectivity index (χ0) is 22.7. The van der Waals surface area contributed by atoms with E-state index in [0.29, 0.717) is 34.2 Å². The van der Waals surface area contributed by atoms with Crippen LogP contribution < -0.4 is 10.1 Å². The summed E-state index contributed by atoms with van der Waals surface area (Å²) in [5, 5.41) is 3.63. The maximum atomic E-state index is 13.4. The van der Waals surface area contributed by atoms with E-state index in [1.165, 1.54) is 12.1 Å². The molecule has 0 bridgehead atoms. The summed E-state index contributed by atoms with van der Waals surface area (Å²) in [6.45, 7) is 2.34. The smallest absolute Gasteiger partial charge is 0.278 e. The Morgan fingerprint density at radius 2 is 1.62 bits per heavy atom. The SMILES string of the molecule is CCOc1ccccc1NC1=C(c2ccc(Cl)cc2)C(=O)N(Cc2ccc(F)cc2)C1=O. The van der Waals surface area contributed by atoms with Gasteiger partial charge in [0.05, 0.1) is 24.4 Å². The normalized spacial score (nSPS) is 13.7. The number of hydrogen-bond donors (Lipinski definition) is 1. The van der Waals surface area contributed by atoms with Crippen molar-refractivity contribution in [1.29, 1.82) is 0 Å². The van der Waals surface area contributed by atoms with Gasteiger partial charge in [-0.2, -0.15) is 0 Å². The van der Waals surface area contributed by atoms with Crippen molar-refractivity contribution in [3.63, 3.8) is 0 Å². The Kier molecular flexibility index (Phi) is 6.23. The number of ether oxygens (including phenoxy) is 1. The van der Waals surface area contributed by atoms with Gasteiger partial charge in [0.15, 0.2) is 0 Å². The van der Waals surface area contributed by atoms with Gasteiger partial charge < -0.3 is 10.1 Å². The Hall–Kier alpha value is -3.64. The molecule has 4 rings (SSSR count). The summed E-state index contributed by atoms with van der Waals surface area (Å²) in [5.41, 5.74) is 2.15. The molecule has 0 aromatic heterocycles. The van der Waals surface area contributed by atoms with Crippen molar-refractivity contribution in [3.8, 4) is 5.75 Å². The zero-order valence-corrected chi connectivity index (χ0v) is 18.0. The quantitative estimate of drug-likeness (QED) is 0.498. The van der Waals surface area contributed by atoms with Crippen LogP contribution in [0.4, 0.5) is 10.1 Å². The third-order valence-corrected chi connectivity index (χ3v) is 5.25. The number of rotatable bonds is 7. The molecule has 1 heterocycles. The lowest BCUT2D eigenvalue weighted by atomic mass is 10.0. The van der Waals surface area contributed by atoms with Gasteiger partial charge in [-0.15, -0.1) is 0 Å². The lowest BCUT2D eigenvalue weighted by Crippen LogP contribution is -2.32. The van der Waals surface area contributed by atoms with Crippen LogP contribution in [-0.4, -0.2) is 23.3 Å². The second-order valence-corrected chi connectivity index (χ2v) is 7.57. The molecular formula is C25H20ClFN2O3. The van der Waals surface area contributed by atoms with Crippen LogP contribution in [0.3, 0.4) is 0 Å². The van der Waals surface area contributed by atoms with Gasteiger partial charge >= 0.3 is 0 Å². The topological polar surface area (TPSA) is 58.6 Å². The molecule has 0 aliphatic carbocycles. The molecule has 0 saturated carbocycles. The monoisotopic (exact) mass is 450 g/mol. The summed E-state index contributed by atoms with van der Waals surface area (Å²) in [6.07, 6.45) is 0. The third kappa shape index (κ3) is 4.36. The van der Waals surface area contributed by atoms with Crippen molar-refractivity contribution in [1.82, 2.24) is 4.90 Å². The molecule has 2 amide bonds. The standard InChI is InChI=1S/C25H20ClFN2O3/c1-2-32-21-6-4-3-5-20(21)28-23-22(17-9-11-18(26)12-10-17)24(30)29(25(23)31)15-16-7-13-19(27)14-8-16/h3-14,28H,2,15H2,1H3. The summed E-state index contributed by atoms with van der Waals surface area (Å²) >= 11 is 6.01. The molecule has 3 aromatic carbocycles. The highest BCUT2D eigenvalue weighted by atomic mass is 35.5. The highest BCUT2D eigenvalue weighted by molar-refractivity contribution is 6.36. The van der Waals surface area contributed by atoms with E-state index in [2.05, 4.69) is 5.32 Å². The fraction of sp³-hybridized carbons (Fsp3) is 0.120. The van der Waals surface area contributed by atoms with Crippen LogP contribution in [0.1, 0.15) is 18.1 Å². The number of nitrogens with one attached hydrogen (secondary N) is 1. The van der Waals surface area contributed by atoms with E-state index in [4.69, 9.17) is 16.3 Å². The molecule has 3 aromatic rings. The molecule has 0 radical (unpaired) electrons. The highest BCUT2D eigenvalue weighted by Crippen LogP contribution is 2.34. The van der Waals surface area contributed by atoms with E-state index in [0.717, 1.165) is 4.90 Å². The van der Waals surface area contributed by atoms with Crippen LogP contribution in [-0.2, 0) is 16.1 Å². The summed E-state index contributed by atoms with van der Waals surface area (Å²) in [4.78, 5) is 27.8. The van der Waals surface area contributed by atoms with Crippen LogP contribution >= 0.6 is 11.6 Å². The Bertz CT molecular complexity index is 1190. The first-order chi connectivity index (χ1) is 15.5. The molecule has 1 aliphatic rings. The van der Waals surface area contributed by atoms with E-state index in [-0.39, 0.29) is 23.6 Å². The molecule has 0 atom stereocenters. The second kappa shape index (κ2) is 9.24. The van der Waals surface area contributed by atoms with Crippen LogP contribution in [0.5, 0.6) is 5.75 Å². The third-order valence-electron chi connectivity index (χ3n) is 5.00. The summed E-state index contributed by atoms with van der Waals surface area (Å²) in [7, 11) is 0. The van der Waals surface area contributed by atoms with Gasteiger partial charge in [-0.1, -0.05) is 48.0 Å². The number of amides is 2. The van der Waals surface area contributed by atoms with Crippen LogP contribution in [0.2, 0.25) is 5.02 Å². The second-order valence-electron chi connectivity index (χ2n) is 7.13. The van der Waals surface area contributed by atoms with Crippen molar-refractivity contribution in [2.24, 2.45) is 0 Å². The first kappa shape index (κ1) is 21.6. The van der Waals surface area contributed by atoms with Gasteiger partial charge in [-0.3, -0.25) is 14.5 Å². The lowest BCUT2D eigenvalue weighted by molar-refractivity contribution is -0.137. The van der Waals surface area contributed by atoms with Gasteiger partial charge in [-0.25, -0.2) is 4.39 Å². The minimum atomic E-state index is -0.476. The van der Waals surface area contributed by atoms with Crippen molar-refractivity contribution in [3.05, 3.63) is 100 Å². The summed E-state index contributed by atoms with van der Waals surface area (Å²) < 4.78 is 18.9. The number of hydrogen-bond acceptors (Lipinski definition) is 4. The van der Waals surface area contributed by atoms with Crippen molar-refractivity contribution in [2.75, 3.05) is 11.9 Å². The Morgan fingerprint density at radius 3 is 2.31 bits per heavy atom. The van der Waals surface area contributed by atoms with E-state index in [1.807, 2.05) is 19.1 Å². The van der Waals surface area contributed by atoms with Crippen molar-refractivity contribution < 1.29 is 18.7 Å². The maximum absolute atomic E-state index is 13.4. The van der Waals surface area contributed by atoms with Gasteiger partial charge in [0.2, 0.25) is 0 Å². The van der Waals surface area contributed by atoms with Gasteiger partial charge in [0, 0.05) is 5.02 Å². The molecular weight excluding hydrogens is 431 g/mol. The Morgan fingerprint density at radius 1 is 0.938 bits per heavy atom. The minimum Gasteiger partial charge on any atom is -0.492 e. The largest absolute Gasteiger partial charge is 0.492 e. The maximum Gasteiger partial charge on any atom is 0.278 e.